The molecule has 1 amide bonds. The van der Waals surface area contributed by atoms with E-state index in [4.69, 9.17) is 9.47 Å². The van der Waals surface area contributed by atoms with Crippen molar-refractivity contribution in [3.05, 3.63) is 29.1 Å². The predicted molar refractivity (Wildman–Crippen MR) is 91.1 cm³/mol. The summed E-state index contributed by atoms with van der Waals surface area (Å²) in [5.74, 6) is -0.379. The van der Waals surface area contributed by atoms with Crippen molar-refractivity contribution in [2.24, 2.45) is 0 Å². The van der Waals surface area contributed by atoms with Crippen LogP contribution in [0.15, 0.2) is 12.1 Å². The molecule has 24 heavy (non-hydrogen) atoms. The van der Waals surface area contributed by atoms with E-state index in [1.54, 1.807) is 14.0 Å². The Morgan fingerprint density at radius 1 is 1.38 bits per heavy atom. The lowest BCUT2D eigenvalue weighted by atomic mass is 10.0. The molecule has 1 saturated heterocycles. The minimum absolute atomic E-state index is 0.0348. The largest absolute Gasteiger partial charge is 0.496 e. The second-order valence-electron chi connectivity index (χ2n) is 6.39. The normalized spacial score (nSPS) is 17.5. The zero-order valence-electron chi connectivity index (χ0n) is 14.9. The zero-order valence-corrected chi connectivity index (χ0v) is 14.9. The van der Waals surface area contributed by atoms with E-state index >= 15 is 0 Å². The average Bonchev–Trinajstić information content (AvgIpc) is 2.55. The molecule has 0 bridgehead atoms. The van der Waals surface area contributed by atoms with Crippen molar-refractivity contribution in [1.29, 1.82) is 0 Å². The Kier molecular flexibility index (Phi) is 6.57. The van der Waals surface area contributed by atoms with Gasteiger partial charge in [-0.25, -0.2) is 4.39 Å². The van der Waals surface area contributed by atoms with Crippen LogP contribution in [0.25, 0.3) is 0 Å². The number of carbonyl (C=O) groups is 1. The van der Waals surface area contributed by atoms with Crippen LogP contribution in [0.1, 0.15) is 35.7 Å². The van der Waals surface area contributed by atoms with Crippen molar-refractivity contribution in [1.82, 2.24) is 10.2 Å². The fourth-order valence-corrected chi connectivity index (χ4v) is 3.14. The summed E-state index contributed by atoms with van der Waals surface area (Å²) in [6, 6.07) is 3.24. The summed E-state index contributed by atoms with van der Waals surface area (Å²) in [6.07, 6.45) is 1.70. The lowest BCUT2D eigenvalue weighted by Crippen LogP contribution is -2.48. The number of amides is 1. The first-order chi connectivity index (χ1) is 11.5. The third-order valence-electron chi connectivity index (χ3n) is 4.63. The number of likely N-dealkylation sites (tertiary alicyclic amines) is 1. The maximum Gasteiger partial charge on any atom is 0.254 e. The molecule has 0 saturated carbocycles. The summed E-state index contributed by atoms with van der Waals surface area (Å²) in [5, 5.41) is 2.95. The average molecular weight is 338 g/mol. The van der Waals surface area contributed by atoms with Crippen LogP contribution < -0.4 is 10.1 Å². The monoisotopic (exact) mass is 338 g/mol. The Balaban J connectivity index is 1.94. The fraction of sp³-hybridized carbons (Fsp3) is 0.611. The van der Waals surface area contributed by atoms with Gasteiger partial charge < -0.3 is 14.8 Å². The van der Waals surface area contributed by atoms with E-state index in [0.717, 1.165) is 25.9 Å². The Labute approximate surface area is 143 Å². The molecule has 1 aromatic rings. The molecule has 0 spiro atoms. The molecular weight excluding hydrogens is 311 g/mol. The topological polar surface area (TPSA) is 50.8 Å². The first-order valence-corrected chi connectivity index (χ1v) is 8.34. The summed E-state index contributed by atoms with van der Waals surface area (Å²) in [7, 11) is 3.21. The maximum absolute atomic E-state index is 14.1. The highest BCUT2D eigenvalue weighted by Crippen LogP contribution is 2.22. The second-order valence-corrected chi connectivity index (χ2v) is 6.39. The number of aryl methyl sites for hydroxylation is 1. The van der Waals surface area contributed by atoms with Gasteiger partial charge in [0.15, 0.2) is 0 Å². The number of hydrogen-bond donors (Lipinski definition) is 1. The Hall–Kier alpha value is -1.66. The molecule has 1 aliphatic heterocycles. The van der Waals surface area contributed by atoms with Crippen LogP contribution in [0, 0.1) is 12.7 Å². The van der Waals surface area contributed by atoms with E-state index in [0.29, 0.717) is 24.0 Å². The van der Waals surface area contributed by atoms with Crippen LogP contribution in [-0.4, -0.2) is 56.8 Å². The molecule has 6 heteroatoms. The van der Waals surface area contributed by atoms with Gasteiger partial charge in [0.25, 0.3) is 5.91 Å². The first kappa shape index (κ1) is 18.7. The van der Waals surface area contributed by atoms with Crippen LogP contribution in [-0.2, 0) is 4.74 Å². The van der Waals surface area contributed by atoms with Crippen molar-refractivity contribution < 1.29 is 18.7 Å². The Bertz CT molecular complexity index is 572. The number of rotatable bonds is 6. The van der Waals surface area contributed by atoms with Gasteiger partial charge >= 0.3 is 0 Å². The number of nitrogens with zero attached hydrogens (tertiary/aromatic N) is 1. The van der Waals surface area contributed by atoms with E-state index in [1.165, 1.54) is 19.2 Å². The smallest absolute Gasteiger partial charge is 0.254 e. The second kappa shape index (κ2) is 8.44. The molecule has 0 aromatic heterocycles. The Morgan fingerprint density at radius 2 is 2.04 bits per heavy atom. The van der Waals surface area contributed by atoms with Gasteiger partial charge in [-0.05, 0) is 44.4 Å². The number of hydrogen-bond acceptors (Lipinski definition) is 4. The van der Waals surface area contributed by atoms with Crippen molar-refractivity contribution in [2.45, 2.75) is 38.8 Å². The van der Waals surface area contributed by atoms with Gasteiger partial charge in [0.2, 0.25) is 0 Å². The summed E-state index contributed by atoms with van der Waals surface area (Å²) in [5.41, 5.74) is 0.708. The van der Waals surface area contributed by atoms with Crippen LogP contribution in [0.2, 0.25) is 0 Å². The number of carbonyl (C=O) groups excluding carboxylic acids is 1. The SMILES string of the molecule is COCC(C)N1CCC(NC(=O)c2cc(OC)c(C)cc2F)CC1. The molecular formula is C18H27FN2O3. The van der Waals surface area contributed by atoms with Gasteiger partial charge in [0.05, 0.1) is 19.3 Å². The van der Waals surface area contributed by atoms with Crippen LogP contribution >= 0.6 is 0 Å². The number of ether oxygens (including phenoxy) is 2. The molecule has 1 aromatic carbocycles. The molecule has 0 radical (unpaired) electrons. The van der Waals surface area contributed by atoms with Gasteiger partial charge in [-0.1, -0.05) is 0 Å². The van der Waals surface area contributed by atoms with Crippen LogP contribution in [0.4, 0.5) is 4.39 Å². The molecule has 1 N–H and O–H groups in total. The zero-order chi connectivity index (χ0) is 17.7. The third-order valence-corrected chi connectivity index (χ3v) is 4.63. The summed E-state index contributed by atoms with van der Waals surface area (Å²) >= 11 is 0. The highest BCUT2D eigenvalue weighted by molar-refractivity contribution is 5.95. The third kappa shape index (κ3) is 4.45. The van der Waals surface area contributed by atoms with Crippen molar-refractivity contribution in [3.8, 4) is 5.75 Å². The lowest BCUT2D eigenvalue weighted by Gasteiger charge is -2.36. The molecule has 2 rings (SSSR count). The summed E-state index contributed by atoms with van der Waals surface area (Å²) < 4.78 is 24.5. The number of nitrogens with one attached hydrogen (secondary N) is 1. The molecule has 5 nitrogen and oxygen atoms in total. The van der Waals surface area contributed by atoms with Gasteiger partial charge in [-0.2, -0.15) is 0 Å². The van der Waals surface area contributed by atoms with E-state index < -0.39 is 5.82 Å². The number of benzene rings is 1. The molecule has 134 valence electrons. The molecule has 0 aliphatic carbocycles. The van der Waals surface area contributed by atoms with E-state index in [9.17, 15) is 9.18 Å². The molecule has 1 atom stereocenters. The van der Waals surface area contributed by atoms with Gasteiger partial charge in [0, 0.05) is 32.3 Å². The maximum atomic E-state index is 14.1. The molecule has 1 aliphatic rings. The van der Waals surface area contributed by atoms with Crippen molar-refractivity contribution in [3.63, 3.8) is 0 Å². The summed E-state index contributed by atoms with van der Waals surface area (Å²) in [4.78, 5) is 14.7. The highest BCUT2D eigenvalue weighted by Gasteiger charge is 2.25. The predicted octanol–water partition coefficient (Wildman–Crippen LogP) is 2.37. The number of piperidine rings is 1. The van der Waals surface area contributed by atoms with E-state index in [2.05, 4.69) is 17.1 Å². The highest BCUT2D eigenvalue weighted by atomic mass is 19.1. The van der Waals surface area contributed by atoms with Gasteiger partial charge in [-0.3, -0.25) is 9.69 Å². The molecule has 1 fully saturated rings. The van der Waals surface area contributed by atoms with Crippen LogP contribution in [0.3, 0.4) is 0 Å². The number of halogens is 1. The Morgan fingerprint density at radius 3 is 2.62 bits per heavy atom. The minimum atomic E-state index is -0.517. The van der Waals surface area contributed by atoms with Crippen molar-refractivity contribution in [2.75, 3.05) is 33.9 Å². The van der Waals surface area contributed by atoms with Gasteiger partial charge in [0.1, 0.15) is 11.6 Å². The van der Waals surface area contributed by atoms with Crippen LogP contribution in [0.5, 0.6) is 5.75 Å². The molecule has 1 heterocycles. The summed E-state index contributed by atoms with van der Waals surface area (Å²) in [6.45, 7) is 6.38. The molecule has 1 unspecified atom stereocenters. The number of methoxy groups -OCH3 is 2. The van der Waals surface area contributed by atoms with Crippen molar-refractivity contribution >= 4 is 5.91 Å². The standard InChI is InChI=1S/C18H27FN2O3/c1-12-9-16(19)15(10-17(12)24-4)18(22)20-14-5-7-21(8-6-14)13(2)11-23-3/h9-10,13-14H,5-8,11H2,1-4H3,(H,20,22). The first-order valence-electron chi connectivity index (χ1n) is 8.34. The minimum Gasteiger partial charge on any atom is -0.496 e. The fourth-order valence-electron chi connectivity index (χ4n) is 3.14. The van der Waals surface area contributed by atoms with E-state index in [-0.39, 0.29) is 17.5 Å². The van der Waals surface area contributed by atoms with E-state index in [1.807, 2.05) is 0 Å². The lowest BCUT2D eigenvalue weighted by molar-refractivity contribution is 0.0735. The van der Waals surface area contributed by atoms with Gasteiger partial charge in [-0.15, -0.1) is 0 Å². The quantitative estimate of drug-likeness (QED) is 0.865.